The molecule has 1 aliphatic rings. The molecule has 30 heavy (non-hydrogen) atoms. The molecule has 2 atom stereocenters. The number of carbonyl (C=O) groups is 1. The smallest absolute Gasteiger partial charge is 0.235 e. The van der Waals surface area contributed by atoms with Crippen molar-refractivity contribution in [3.05, 3.63) is 78.8 Å². The van der Waals surface area contributed by atoms with E-state index in [1.165, 1.54) is 6.33 Å². The molecule has 7 nitrogen and oxygen atoms in total. The maximum Gasteiger partial charge on any atom is 0.235 e. The van der Waals surface area contributed by atoms with Gasteiger partial charge < -0.3 is 15.4 Å². The highest BCUT2D eigenvalue weighted by Crippen LogP contribution is 2.38. The van der Waals surface area contributed by atoms with Gasteiger partial charge in [0.1, 0.15) is 18.0 Å². The van der Waals surface area contributed by atoms with E-state index in [0.717, 1.165) is 29.8 Å². The van der Waals surface area contributed by atoms with Crippen LogP contribution in [0.3, 0.4) is 0 Å². The Hall–Kier alpha value is -3.61. The lowest BCUT2D eigenvalue weighted by atomic mass is 9.88. The number of unbranched alkanes of at least 4 members (excludes halogenated alkanes) is 1. The van der Waals surface area contributed by atoms with Gasteiger partial charge in [-0.25, -0.2) is 4.68 Å². The molecule has 0 fully saturated rings. The van der Waals surface area contributed by atoms with Gasteiger partial charge >= 0.3 is 0 Å². The quantitative estimate of drug-likeness (QED) is 0.577. The van der Waals surface area contributed by atoms with E-state index < -0.39 is 5.92 Å². The molecule has 0 saturated heterocycles. The highest BCUT2D eigenvalue weighted by Gasteiger charge is 2.39. The number of fused-ring (bicyclic) bond motifs is 1. The zero-order chi connectivity index (χ0) is 20.9. The van der Waals surface area contributed by atoms with Gasteiger partial charge in [-0.1, -0.05) is 50.3 Å². The Morgan fingerprint density at radius 1 is 1.20 bits per heavy atom. The van der Waals surface area contributed by atoms with E-state index in [4.69, 9.17) is 4.74 Å². The van der Waals surface area contributed by atoms with Gasteiger partial charge in [-0.15, -0.1) is 0 Å². The third-order valence-corrected chi connectivity index (χ3v) is 5.11. The predicted molar refractivity (Wildman–Crippen MR) is 116 cm³/mol. The first-order valence-corrected chi connectivity index (χ1v) is 10.1. The van der Waals surface area contributed by atoms with Crippen molar-refractivity contribution in [1.29, 1.82) is 0 Å². The van der Waals surface area contributed by atoms with Crippen molar-refractivity contribution in [3.8, 4) is 5.75 Å². The molecule has 0 bridgehead atoms. The first-order chi connectivity index (χ1) is 14.7. The third kappa shape index (κ3) is 4.05. The number of anilines is 2. The van der Waals surface area contributed by atoms with Crippen LogP contribution < -0.4 is 15.4 Å². The molecule has 1 amide bonds. The van der Waals surface area contributed by atoms with Gasteiger partial charge in [-0.05, 0) is 36.2 Å². The number of benzene rings is 2. The fraction of sp³-hybridized carbons (Fsp3) is 0.261. The third-order valence-electron chi connectivity index (χ3n) is 5.11. The summed E-state index contributed by atoms with van der Waals surface area (Å²) in [6, 6.07) is 16.8. The number of hydrogen-bond donors (Lipinski definition) is 2. The molecule has 1 aromatic heterocycles. The van der Waals surface area contributed by atoms with Crippen LogP contribution in [0, 0.1) is 5.92 Å². The lowest BCUT2D eigenvalue weighted by Gasteiger charge is -2.33. The van der Waals surface area contributed by atoms with E-state index in [9.17, 15) is 4.79 Å². The normalized spacial score (nSPS) is 17.7. The summed E-state index contributed by atoms with van der Waals surface area (Å²) in [7, 11) is 0. The monoisotopic (exact) mass is 403 g/mol. The van der Waals surface area contributed by atoms with Crippen molar-refractivity contribution >= 4 is 17.5 Å². The predicted octanol–water partition coefficient (Wildman–Crippen LogP) is 4.24. The molecule has 2 heterocycles. The summed E-state index contributed by atoms with van der Waals surface area (Å²) in [5.74, 6) is 0.653. The van der Waals surface area contributed by atoms with E-state index in [1.807, 2.05) is 54.6 Å². The minimum atomic E-state index is -0.564. The Bertz CT molecular complexity index is 1010. The van der Waals surface area contributed by atoms with E-state index in [1.54, 1.807) is 4.68 Å². The van der Waals surface area contributed by atoms with Crippen LogP contribution in [0.1, 0.15) is 31.4 Å². The van der Waals surface area contributed by atoms with Crippen molar-refractivity contribution in [2.24, 2.45) is 5.92 Å². The lowest BCUT2D eigenvalue weighted by Crippen LogP contribution is -2.39. The molecule has 1 aliphatic heterocycles. The van der Waals surface area contributed by atoms with E-state index in [0.29, 0.717) is 18.3 Å². The molecule has 0 radical (unpaired) electrons. The highest BCUT2D eigenvalue weighted by atomic mass is 16.5. The molecule has 154 valence electrons. The molecular weight excluding hydrogens is 378 g/mol. The summed E-state index contributed by atoms with van der Waals surface area (Å²) in [6.45, 7) is 6.92. The number of nitrogens with one attached hydrogen (secondary N) is 2. The molecule has 3 aromatic rings. The summed E-state index contributed by atoms with van der Waals surface area (Å²) < 4.78 is 7.51. The summed E-state index contributed by atoms with van der Waals surface area (Å²) in [5, 5.41) is 10.5. The summed E-state index contributed by atoms with van der Waals surface area (Å²) >= 11 is 0. The number of carbonyl (C=O) groups excluding carboxylic acids is 1. The molecule has 0 spiro atoms. The van der Waals surface area contributed by atoms with E-state index in [-0.39, 0.29) is 11.9 Å². The summed E-state index contributed by atoms with van der Waals surface area (Å²) in [4.78, 5) is 17.5. The highest BCUT2D eigenvalue weighted by molar-refractivity contribution is 5.95. The van der Waals surface area contributed by atoms with Crippen LogP contribution in [0.5, 0.6) is 5.75 Å². The Morgan fingerprint density at radius 2 is 1.97 bits per heavy atom. The molecular formula is C23H25N5O2. The van der Waals surface area contributed by atoms with E-state index >= 15 is 0 Å². The number of ether oxygens (including phenoxy) is 1. The van der Waals surface area contributed by atoms with Gasteiger partial charge in [0.15, 0.2) is 0 Å². The average Bonchev–Trinajstić information content (AvgIpc) is 3.22. The first kappa shape index (κ1) is 19.7. The van der Waals surface area contributed by atoms with Gasteiger partial charge in [0.2, 0.25) is 11.9 Å². The van der Waals surface area contributed by atoms with Crippen LogP contribution in [0.2, 0.25) is 0 Å². The second-order valence-corrected chi connectivity index (χ2v) is 7.23. The summed E-state index contributed by atoms with van der Waals surface area (Å²) in [6.07, 6.45) is 3.57. The number of rotatable bonds is 7. The zero-order valence-electron chi connectivity index (χ0n) is 16.9. The number of hydrogen-bond acceptors (Lipinski definition) is 5. The topological polar surface area (TPSA) is 81.1 Å². The SMILES string of the molecule is C=C1Nc2ncnn2[C@@H](c2ccc(OCCCC)cc2)[C@@H]1C(=O)Nc1ccccc1. The standard InChI is InChI=1S/C23H25N5O2/c1-3-4-14-30-19-12-10-17(11-13-19)21-20(16(2)26-23-24-15-25-28(21)23)22(29)27-18-8-6-5-7-9-18/h5-13,15,20-21H,2-4,14H2,1H3,(H,27,29)(H,24,25,26)/t20-,21+/m1/s1. The zero-order valence-corrected chi connectivity index (χ0v) is 16.9. The van der Waals surface area contributed by atoms with Crippen molar-refractivity contribution in [2.75, 3.05) is 17.2 Å². The van der Waals surface area contributed by atoms with Crippen LogP contribution in [-0.4, -0.2) is 27.3 Å². The molecule has 2 N–H and O–H groups in total. The maximum atomic E-state index is 13.2. The Labute approximate surface area is 175 Å². The molecule has 2 aromatic carbocycles. The summed E-state index contributed by atoms with van der Waals surface area (Å²) in [5.41, 5.74) is 2.25. The van der Waals surface area contributed by atoms with Crippen molar-refractivity contribution in [3.63, 3.8) is 0 Å². The number of para-hydroxylation sites is 1. The van der Waals surface area contributed by atoms with E-state index in [2.05, 4.69) is 34.2 Å². The van der Waals surface area contributed by atoms with Crippen LogP contribution in [-0.2, 0) is 4.79 Å². The fourth-order valence-electron chi connectivity index (χ4n) is 3.57. The molecule has 4 rings (SSSR count). The number of amides is 1. The second-order valence-electron chi connectivity index (χ2n) is 7.23. The van der Waals surface area contributed by atoms with Crippen LogP contribution in [0.25, 0.3) is 0 Å². The molecule has 7 heteroatoms. The van der Waals surface area contributed by atoms with Gasteiger partial charge in [-0.3, -0.25) is 4.79 Å². The van der Waals surface area contributed by atoms with Crippen LogP contribution >= 0.6 is 0 Å². The number of nitrogens with zero attached hydrogens (tertiary/aromatic N) is 3. The van der Waals surface area contributed by atoms with Crippen LogP contribution in [0.15, 0.2) is 73.2 Å². The minimum Gasteiger partial charge on any atom is -0.494 e. The molecule has 0 unspecified atom stereocenters. The first-order valence-electron chi connectivity index (χ1n) is 10.1. The Kier molecular flexibility index (Phi) is 5.79. The van der Waals surface area contributed by atoms with Gasteiger partial charge in [0, 0.05) is 11.4 Å². The van der Waals surface area contributed by atoms with Crippen molar-refractivity contribution in [2.45, 2.75) is 25.8 Å². The van der Waals surface area contributed by atoms with Gasteiger partial charge in [-0.2, -0.15) is 10.1 Å². The average molecular weight is 403 g/mol. The minimum absolute atomic E-state index is 0.159. The van der Waals surface area contributed by atoms with Crippen LogP contribution in [0.4, 0.5) is 11.6 Å². The molecule has 0 aliphatic carbocycles. The fourth-order valence-corrected chi connectivity index (χ4v) is 3.57. The van der Waals surface area contributed by atoms with Crippen molar-refractivity contribution < 1.29 is 9.53 Å². The Balaban J connectivity index is 1.63. The Morgan fingerprint density at radius 3 is 2.70 bits per heavy atom. The number of aromatic nitrogens is 3. The maximum absolute atomic E-state index is 13.2. The van der Waals surface area contributed by atoms with Crippen molar-refractivity contribution in [1.82, 2.24) is 14.8 Å². The van der Waals surface area contributed by atoms with Gasteiger partial charge in [0.25, 0.3) is 0 Å². The van der Waals surface area contributed by atoms with Gasteiger partial charge in [0.05, 0.1) is 12.6 Å². The lowest BCUT2D eigenvalue weighted by molar-refractivity contribution is -0.119. The molecule has 0 saturated carbocycles. The second kappa shape index (κ2) is 8.82. The largest absolute Gasteiger partial charge is 0.494 e.